The predicted molar refractivity (Wildman–Crippen MR) is 92.1 cm³/mol. The molecule has 24 heavy (non-hydrogen) atoms. The third-order valence-corrected chi connectivity index (χ3v) is 4.64. The fourth-order valence-electron chi connectivity index (χ4n) is 3.47. The molecule has 0 bridgehead atoms. The molecule has 2 heterocycles. The molecule has 2 N–H and O–H groups in total. The number of hydrogen-bond acceptors (Lipinski definition) is 4. The van der Waals surface area contributed by atoms with Crippen molar-refractivity contribution in [1.29, 1.82) is 0 Å². The van der Waals surface area contributed by atoms with Crippen molar-refractivity contribution in [2.45, 2.75) is 19.6 Å². The Labute approximate surface area is 138 Å². The molecule has 1 aromatic heterocycles. The zero-order valence-corrected chi connectivity index (χ0v) is 13.0. The van der Waals surface area contributed by atoms with E-state index in [0.717, 1.165) is 17.6 Å². The summed E-state index contributed by atoms with van der Waals surface area (Å²) in [4.78, 5) is 16.4. The van der Waals surface area contributed by atoms with Crippen LogP contribution in [0.2, 0.25) is 0 Å². The summed E-state index contributed by atoms with van der Waals surface area (Å²) in [5.74, 6) is 0. The number of nitro benzene ring substituents is 1. The predicted octanol–water partition coefficient (Wildman–Crippen LogP) is 3.13. The number of rotatable bonds is 3. The van der Waals surface area contributed by atoms with Gasteiger partial charge < -0.3 is 15.0 Å². The van der Waals surface area contributed by atoms with Crippen LogP contribution in [0.5, 0.6) is 0 Å². The van der Waals surface area contributed by atoms with E-state index in [9.17, 15) is 15.2 Å². The fourth-order valence-corrected chi connectivity index (χ4v) is 3.47. The summed E-state index contributed by atoms with van der Waals surface area (Å²) < 4.78 is 0. The van der Waals surface area contributed by atoms with E-state index in [1.165, 1.54) is 17.0 Å². The molecule has 6 heteroatoms. The van der Waals surface area contributed by atoms with E-state index in [1.807, 2.05) is 23.1 Å². The van der Waals surface area contributed by atoms with Crippen LogP contribution in [0, 0.1) is 10.1 Å². The van der Waals surface area contributed by atoms with Gasteiger partial charge in [0.05, 0.1) is 18.1 Å². The summed E-state index contributed by atoms with van der Waals surface area (Å²) in [5, 5.41) is 21.9. The molecule has 4 rings (SSSR count). The van der Waals surface area contributed by atoms with Crippen molar-refractivity contribution >= 4 is 22.3 Å². The lowest BCUT2D eigenvalue weighted by Crippen LogP contribution is -2.30. The normalized spacial score (nSPS) is 14.0. The molecule has 0 atom stereocenters. The number of H-pyrrole nitrogens is 1. The van der Waals surface area contributed by atoms with Crippen LogP contribution in [0.1, 0.15) is 16.8 Å². The highest BCUT2D eigenvalue weighted by atomic mass is 16.6. The van der Waals surface area contributed by atoms with Gasteiger partial charge in [-0.25, -0.2) is 0 Å². The van der Waals surface area contributed by atoms with E-state index >= 15 is 0 Å². The Kier molecular flexibility index (Phi) is 3.46. The number of nitrogens with one attached hydrogen (secondary N) is 1. The van der Waals surface area contributed by atoms with Crippen molar-refractivity contribution < 1.29 is 10.0 Å². The van der Waals surface area contributed by atoms with Crippen molar-refractivity contribution in [1.82, 2.24) is 4.98 Å². The van der Waals surface area contributed by atoms with Crippen molar-refractivity contribution in [3.63, 3.8) is 0 Å². The largest absolute Gasteiger partial charge is 0.392 e. The van der Waals surface area contributed by atoms with Gasteiger partial charge in [0, 0.05) is 29.2 Å². The number of nitrogens with zero attached hydrogens (tertiary/aromatic N) is 2. The Balaban J connectivity index is 1.75. The molecule has 0 saturated carbocycles. The molecule has 0 unspecified atom stereocenters. The average Bonchev–Trinajstić information content (AvgIpc) is 2.98. The highest BCUT2D eigenvalue weighted by Gasteiger charge is 2.25. The monoisotopic (exact) mass is 323 g/mol. The number of aliphatic hydroxyl groups excluding tert-OH is 1. The smallest absolute Gasteiger partial charge is 0.292 e. The number of hydrogen-bond donors (Lipinski definition) is 2. The van der Waals surface area contributed by atoms with Crippen LogP contribution < -0.4 is 4.90 Å². The van der Waals surface area contributed by atoms with Gasteiger partial charge in [-0.1, -0.05) is 18.2 Å². The Bertz CT molecular complexity index is 932. The number of anilines is 1. The first kappa shape index (κ1) is 14.7. The second-order valence-electron chi connectivity index (χ2n) is 6.04. The van der Waals surface area contributed by atoms with Gasteiger partial charge in [0.15, 0.2) is 0 Å². The maximum atomic E-state index is 11.4. The molecule has 0 saturated heterocycles. The van der Waals surface area contributed by atoms with Crippen molar-refractivity contribution in [3.05, 3.63) is 69.4 Å². The zero-order chi connectivity index (χ0) is 16.7. The summed E-state index contributed by atoms with van der Waals surface area (Å²) in [6.07, 6.45) is 0.833. The van der Waals surface area contributed by atoms with Crippen LogP contribution in [0.3, 0.4) is 0 Å². The number of benzene rings is 2. The van der Waals surface area contributed by atoms with Gasteiger partial charge in [-0.05, 0) is 35.7 Å². The van der Waals surface area contributed by atoms with E-state index < -0.39 is 0 Å². The van der Waals surface area contributed by atoms with Crippen LogP contribution >= 0.6 is 0 Å². The number of aromatic amines is 1. The summed E-state index contributed by atoms with van der Waals surface area (Å²) in [6.45, 7) is 1.18. The molecule has 0 radical (unpaired) electrons. The van der Waals surface area contributed by atoms with Crippen molar-refractivity contribution in [2.75, 3.05) is 11.4 Å². The third-order valence-electron chi connectivity index (χ3n) is 4.64. The lowest BCUT2D eigenvalue weighted by Gasteiger charge is -2.29. The SMILES string of the molecule is O=[N+]([O-])c1ccc(CO)cc1N1CCc2c([nH]c3ccccc23)C1. The maximum absolute atomic E-state index is 11.4. The van der Waals surface area contributed by atoms with Crippen LogP contribution in [0.15, 0.2) is 42.5 Å². The number of fused-ring (bicyclic) bond motifs is 3. The number of aromatic nitrogens is 1. The summed E-state index contributed by atoms with van der Waals surface area (Å²) >= 11 is 0. The first-order valence-electron chi connectivity index (χ1n) is 7.89. The molecular weight excluding hydrogens is 306 g/mol. The van der Waals surface area contributed by atoms with E-state index in [4.69, 9.17) is 0 Å². The Morgan fingerprint density at radius 3 is 2.88 bits per heavy atom. The van der Waals surface area contributed by atoms with E-state index in [2.05, 4.69) is 11.1 Å². The average molecular weight is 323 g/mol. The first-order chi connectivity index (χ1) is 11.7. The minimum atomic E-state index is -0.364. The van der Waals surface area contributed by atoms with E-state index in [0.29, 0.717) is 24.3 Å². The van der Waals surface area contributed by atoms with Crippen molar-refractivity contribution in [2.24, 2.45) is 0 Å². The van der Waals surface area contributed by atoms with Crippen LogP contribution in [0.4, 0.5) is 11.4 Å². The minimum absolute atomic E-state index is 0.0757. The summed E-state index contributed by atoms with van der Waals surface area (Å²) in [5.41, 5.74) is 4.82. The third kappa shape index (κ3) is 2.32. The van der Waals surface area contributed by atoms with Gasteiger partial charge >= 0.3 is 0 Å². The molecule has 6 nitrogen and oxygen atoms in total. The second kappa shape index (κ2) is 5.65. The topological polar surface area (TPSA) is 82.4 Å². The van der Waals surface area contributed by atoms with Gasteiger partial charge in [-0.3, -0.25) is 10.1 Å². The molecule has 122 valence electrons. The fraction of sp³-hybridized carbons (Fsp3) is 0.222. The molecule has 2 aromatic carbocycles. The molecule has 0 aliphatic carbocycles. The van der Waals surface area contributed by atoms with Gasteiger partial charge in [-0.15, -0.1) is 0 Å². The Morgan fingerprint density at radius 1 is 1.25 bits per heavy atom. The molecule has 0 amide bonds. The Hall–Kier alpha value is -2.86. The van der Waals surface area contributed by atoms with Gasteiger partial charge in [-0.2, -0.15) is 0 Å². The minimum Gasteiger partial charge on any atom is -0.392 e. The summed E-state index contributed by atoms with van der Waals surface area (Å²) in [7, 11) is 0. The number of aliphatic hydroxyl groups is 1. The number of para-hydroxylation sites is 1. The quantitative estimate of drug-likeness (QED) is 0.573. The molecule has 1 aliphatic heterocycles. The first-order valence-corrected chi connectivity index (χ1v) is 7.89. The summed E-state index contributed by atoms with van der Waals surface area (Å²) in [6, 6.07) is 13.0. The van der Waals surface area contributed by atoms with E-state index in [-0.39, 0.29) is 17.2 Å². The lowest BCUT2D eigenvalue weighted by molar-refractivity contribution is -0.384. The van der Waals surface area contributed by atoms with Crippen molar-refractivity contribution in [3.8, 4) is 0 Å². The Morgan fingerprint density at radius 2 is 2.08 bits per heavy atom. The van der Waals surface area contributed by atoms with E-state index in [1.54, 1.807) is 12.1 Å². The lowest BCUT2D eigenvalue weighted by atomic mass is 10.0. The number of nitro groups is 1. The highest BCUT2D eigenvalue weighted by molar-refractivity contribution is 5.85. The van der Waals surface area contributed by atoms with Gasteiger partial charge in [0.25, 0.3) is 5.69 Å². The second-order valence-corrected chi connectivity index (χ2v) is 6.04. The highest BCUT2D eigenvalue weighted by Crippen LogP contribution is 2.35. The molecule has 0 spiro atoms. The molecule has 3 aromatic rings. The maximum Gasteiger partial charge on any atom is 0.292 e. The standard InChI is InChI=1S/C18H17N3O3/c22-11-12-5-6-17(21(23)24)18(9-12)20-8-7-14-13-3-1-2-4-15(13)19-16(14)10-20/h1-6,9,19,22H,7-8,10-11H2. The molecule has 0 fully saturated rings. The van der Waals surface area contributed by atoms with Crippen LogP contribution in [0.25, 0.3) is 10.9 Å². The molecule has 1 aliphatic rings. The van der Waals surface area contributed by atoms with Crippen LogP contribution in [-0.4, -0.2) is 21.6 Å². The zero-order valence-electron chi connectivity index (χ0n) is 13.0. The van der Waals surface area contributed by atoms with Gasteiger partial charge in [0.1, 0.15) is 5.69 Å². The van der Waals surface area contributed by atoms with Gasteiger partial charge in [0.2, 0.25) is 0 Å². The molecular formula is C18H17N3O3. The van der Waals surface area contributed by atoms with Crippen LogP contribution in [-0.2, 0) is 19.6 Å².